The maximum atomic E-state index is 11.5. The molecule has 0 radical (unpaired) electrons. The molecule has 0 amide bonds. The summed E-state index contributed by atoms with van der Waals surface area (Å²) < 4.78 is 1.69. The maximum Gasteiger partial charge on any atom is 0.250 e. The zero-order chi connectivity index (χ0) is 11.4. The van der Waals surface area contributed by atoms with E-state index in [0.29, 0.717) is 11.1 Å². The highest BCUT2D eigenvalue weighted by atomic mass is 35.5. The van der Waals surface area contributed by atoms with Gasteiger partial charge in [-0.1, -0.05) is 18.0 Å². The molecule has 1 saturated heterocycles. The molecule has 1 aliphatic heterocycles. The van der Waals surface area contributed by atoms with Crippen LogP contribution < -0.4 is 10.9 Å². The number of hydrogen-bond acceptors (Lipinski definition) is 2. The maximum absolute atomic E-state index is 11.5. The molecule has 0 bridgehead atoms. The number of rotatable bonds is 3. The van der Waals surface area contributed by atoms with Crippen LogP contribution >= 0.6 is 11.6 Å². The molecule has 0 aromatic carbocycles. The van der Waals surface area contributed by atoms with Crippen LogP contribution in [0.1, 0.15) is 25.7 Å². The van der Waals surface area contributed by atoms with Gasteiger partial charge in [-0.3, -0.25) is 4.79 Å². The highest BCUT2D eigenvalue weighted by molar-refractivity contribution is 6.30. The first-order chi connectivity index (χ1) is 7.75. The molecule has 1 aromatic rings. The first kappa shape index (κ1) is 11.7. The van der Waals surface area contributed by atoms with Gasteiger partial charge in [-0.15, -0.1) is 0 Å². The normalized spacial score (nSPS) is 20.9. The molecule has 0 saturated carbocycles. The van der Waals surface area contributed by atoms with Gasteiger partial charge in [0.25, 0.3) is 5.56 Å². The second-order valence-corrected chi connectivity index (χ2v) is 4.75. The number of pyridine rings is 1. The quantitative estimate of drug-likeness (QED) is 0.877. The molecule has 0 aliphatic carbocycles. The summed E-state index contributed by atoms with van der Waals surface area (Å²) in [5.41, 5.74) is 0.0280. The number of piperidine rings is 1. The largest absolute Gasteiger partial charge is 0.314 e. The Morgan fingerprint density at radius 1 is 1.44 bits per heavy atom. The Hall–Kier alpha value is -0.800. The van der Waals surface area contributed by atoms with Crippen molar-refractivity contribution in [2.75, 3.05) is 6.54 Å². The van der Waals surface area contributed by atoms with Gasteiger partial charge < -0.3 is 9.88 Å². The molecule has 16 heavy (non-hydrogen) atoms. The molecule has 2 heterocycles. The summed E-state index contributed by atoms with van der Waals surface area (Å²) in [4.78, 5) is 11.5. The second kappa shape index (κ2) is 5.51. The molecule has 1 unspecified atom stereocenters. The second-order valence-electron chi connectivity index (χ2n) is 4.31. The Labute approximate surface area is 100 Å². The number of aryl methyl sites for hydroxylation is 1. The summed E-state index contributed by atoms with van der Waals surface area (Å²) in [6.07, 6.45) is 6.50. The minimum atomic E-state index is 0.0280. The summed E-state index contributed by atoms with van der Waals surface area (Å²) in [5, 5.41) is 4.10. The highest BCUT2D eigenvalue weighted by Gasteiger charge is 2.12. The van der Waals surface area contributed by atoms with Crippen molar-refractivity contribution in [1.82, 2.24) is 9.88 Å². The smallest absolute Gasteiger partial charge is 0.250 e. The Balaban J connectivity index is 1.93. The average molecular weight is 241 g/mol. The molecular formula is C12H17ClN2O. The lowest BCUT2D eigenvalue weighted by Gasteiger charge is -2.23. The first-order valence-corrected chi connectivity index (χ1v) is 6.23. The lowest BCUT2D eigenvalue weighted by Crippen LogP contribution is -2.35. The lowest BCUT2D eigenvalue weighted by atomic mass is 10.0. The Bertz CT molecular complexity index is 396. The van der Waals surface area contributed by atoms with E-state index in [9.17, 15) is 4.79 Å². The molecule has 4 heteroatoms. The number of nitrogens with one attached hydrogen (secondary N) is 1. The molecule has 1 fully saturated rings. The van der Waals surface area contributed by atoms with Crippen LogP contribution in [-0.2, 0) is 6.54 Å². The lowest BCUT2D eigenvalue weighted by molar-refractivity contribution is 0.365. The third-order valence-corrected chi connectivity index (χ3v) is 3.30. The van der Waals surface area contributed by atoms with E-state index in [1.807, 2.05) is 0 Å². The molecule has 2 rings (SSSR count). The zero-order valence-electron chi connectivity index (χ0n) is 9.29. The van der Waals surface area contributed by atoms with Crippen molar-refractivity contribution < 1.29 is 0 Å². The van der Waals surface area contributed by atoms with Gasteiger partial charge in [0.05, 0.1) is 5.02 Å². The fourth-order valence-electron chi connectivity index (χ4n) is 2.14. The van der Waals surface area contributed by atoms with Crippen molar-refractivity contribution in [3.63, 3.8) is 0 Å². The molecule has 1 aliphatic rings. The topological polar surface area (TPSA) is 34.0 Å². The average Bonchev–Trinajstić information content (AvgIpc) is 2.32. The molecule has 1 N–H and O–H groups in total. The van der Waals surface area contributed by atoms with E-state index in [2.05, 4.69) is 5.32 Å². The van der Waals surface area contributed by atoms with E-state index in [4.69, 9.17) is 11.6 Å². The van der Waals surface area contributed by atoms with Gasteiger partial charge >= 0.3 is 0 Å². The first-order valence-electron chi connectivity index (χ1n) is 5.85. The Morgan fingerprint density at radius 2 is 2.31 bits per heavy atom. The van der Waals surface area contributed by atoms with E-state index in [-0.39, 0.29) is 5.56 Å². The minimum Gasteiger partial charge on any atom is -0.314 e. The van der Waals surface area contributed by atoms with Gasteiger partial charge in [0.15, 0.2) is 0 Å². The number of halogens is 1. The summed E-state index contributed by atoms with van der Waals surface area (Å²) in [7, 11) is 0. The predicted octanol–water partition coefficient (Wildman–Crippen LogP) is 2.03. The van der Waals surface area contributed by atoms with E-state index in [1.165, 1.54) is 25.3 Å². The number of hydrogen-bond donors (Lipinski definition) is 1. The molecule has 1 aromatic heterocycles. The Morgan fingerprint density at radius 3 is 3.06 bits per heavy atom. The van der Waals surface area contributed by atoms with Crippen LogP contribution in [0.2, 0.25) is 5.02 Å². The monoisotopic (exact) mass is 240 g/mol. The van der Waals surface area contributed by atoms with Crippen molar-refractivity contribution in [3.8, 4) is 0 Å². The van der Waals surface area contributed by atoms with Crippen molar-refractivity contribution in [1.29, 1.82) is 0 Å². The summed E-state index contributed by atoms with van der Waals surface area (Å²) in [5.74, 6) is 0. The van der Waals surface area contributed by atoms with Crippen LogP contribution in [0.3, 0.4) is 0 Å². The summed E-state index contributed by atoms with van der Waals surface area (Å²) in [6, 6.07) is 3.72. The fraction of sp³-hybridized carbons (Fsp3) is 0.583. The van der Waals surface area contributed by atoms with E-state index in [1.54, 1.807) is 16.8 Å². The molecule has 1 atom stereocenters. The van der Waals surface area contributed by atoms with Gasteiger partial charge in [0, 0.05) is 24.8 Å². The van der Waals surface area contributed by atoms with Crippen LogP contribution in [0.4, 0.5) is 0 Å². The van der Waals surface area contributed by atoms with Gasteiger partial charge in [-0.2, -0.15) is 0 Å². The number of nitrogens with zero attached hydrogens (tertiary/aromatic N) is 1. The van der Waals surface area contributed by atoms with Gasteiger partial charge in [0.2, 0.25) is 0 Å². The highest BCUT2D eigenvalue weighted by Crippen LogP contribution is 2.11. The third-order valence-electron chi connectivity index (χ3n) is 3.08. The molecule has 88 valence electrons. The number of aromatic nitrogens is 1. The van der Waals surface area contributed by atoms with Crippen LogP contribution in [0.15, 0.2) is 23.1 Å². The van der Waals surface area contributed by atoms with Crippen molar-refractivity contribution in [2.24, 2.45) is 0 Å². The summed E-state index contributed by atoms with van der Waals surface area (Å²) >= 11 is 5.86. The summed E-state index contributed by atoms with van der Waals surface area (Å²) in [6.45, 7) is 1.85. The van der Waals surface area contributed by atoms with E-state index >= 15 is 0 Å². The standard InChI is InChI=1S/C12H17ClN2O/c13-10-4-5-12(16)15(9-10)8-6-11-3-1-2-7-14-11/h4-5,9,11,14H,1-3,6-8H2. The van der Waals surface area contributed by atoms with E-state index < -0.39 is 0 Å². The van der Waals surface area contributed by atoms with Crippen LogP contribution in [0, 0.1) is 0 Å². The van der Waals surface area contributed by atoms with Crippen molar-refractivity contribution in [3.05, 3.63) is 33.7 Å². The minimum absolute atomic E-state index is 0.0280. The SMILES string of the molecule is O=c1ccc(Cl)cn1CCC1CCCCN1. The van der Waals surface area contributed by atoms with Gasteiger partial charge in [-0.05, 0) is 31.9 Å². The fourth-order valence-corrected chi connectivity index (χ4v) is 2.32. The van der Waals surface area contributed by atoms with Crippen LogP contribution in [-0.4, -0.2) is 17.2 Å². The zero-order valence-corrected chi connectivity index (χ0v) is 10.0. The van der Waals surface area contributed by atoms with E-state index in [0.717, 1.165) is 19.5 Å². The Kier molecular flexibility index (Phi) is 4.02. The van der Waals surface area contributed by atoms with Crippen molar-refractivity contribution >= 4 is 11.6 Å². The molecule has 3 nitrogen and oxygen atoms in total. The molecular weight excluding hydrogens is 224 g/mol. The van der Waals surface area contributed by atoms with Crippen LogP contribution in [0.5, 0.6) is 0 Å². The van der Waals surface area contributed by atoms with Gasteiger partial charge in [0.1, 0.15) is 0 Å². The third kappa shape index (κ3) is 3.09. The predicted molar refractivity (Wildman–Crippen MR) is 66.0 cm³/mol. The van der Waals surface area contributed by atoms with Crippen LogP contribution in [0.25, 0.3) is 0 Å². The molecule has 0 spiro atoms. The van der Waals surface area contributed by atoms with Gasteiger partial charge in [-0.25, -0.2) is 0 Å². The van der Waals surface area contributed by atoms with Crippen molar-refractivity contribution in [2.45, 2.75) is 38.3 Å².